The second kappa shape index (κ2) is 23.1. The molecule has 0 saturated carbocycles. The summed E-state index contributed by atoms with van der Waals surface area (Å²) >= 11 is 12.0. The maximum absolute atomic E-state index is 12.4. The van der Waals surface area contributed by atoms with E-state index in [9.17, 15) is 9.59 Å². The number of hydrogen-bond acceptors (Lipinski definition) is 6. The number of aryl methyl sites for hydroxylation is 2. The van der Waals surface area contributed by atoms with E-state index in [0.717, 1.165) is 34.1 Å². The zero-order chi connectivity index (χ0) is 31.2. The molecule has 0 bridgehead atoms. The van der Waals surface area contributed by atoms with Crippen molar-refractivity contribution in [2.24, 2.45) is 10.8 Å². The first-order chi connectivity index (χ1) is 19.6. The van der Waals surface area contributed by atoms with Gasteiger partial charge in [0.15, 0.2) is 0 Å². The number of nitrogens with zero attached hydrogens (tertiary/aromatic N) is 4. The maximum atomic E-state index is 12.4. The molecule has 0 amide bonds. The molecule has 2 N–H and O–H groups in total. The Morgan fingerprint density at radius 1 is 0.646 bits per heavy atom. The van der Waals surface area contributed by atoms with E-state index in [1.165, 1.54) is 12.7 Å². The number of H-pyrrole nitrogens is 2. The second-order valence-electron chi connectivity index (χ2n) is 12.2. The van der Waals surface area contributed by atoms with Crippen LogP contribution in [0.25, 0.3) is 0 Å². The first-order valence-corrected chi connectivity index (χ1v) is 14.4. The molecule has 0 spiro atoms. The average Bonchev–Trinajstić information content (AvgIpc) is 3.61. The summed E-state index contributed by atoms with van der Waals surface area (Å²) in [7, 11) is 0. The summed E-state index contributed by atoms with van der Waals surface area (Å²) in [5.41, 5.74) is 3.16. The summed E-state index contributed by atoms with van der Waals surface area (Å²) < 4.78 is 0. The van der Waals surface area contributed by atoms with Crippen molar-refractivity contribution in [3.63, 3.8) is 0 Å². The quantitative estimate of drug-likeness (QED) is 0.136. The van der Waals surface area contributed by atoms with E-state index in [2.05, 4.69) is 30.4 Å². The minimum absolute atomic E-state index is 0. The molecule has 8 nitrogen and oxygen atoms in total. The third-order valence-electron chi connectivity index (χ3n) is 6.78. The molecule has 0 aliphatic carbocycles. The van der Waals surface area contributed by atoms with Crippen LogP contribution < -0.4 is 49.6 Å². The molecule has 0 aliphatic heterocycles. The van der Waals surface area contributed by atoms with Gasteiger partial charge in [-0.25, -0.2) is 9.97 Å². The number of carbonyl (C=O) groups is 2. The molecule has 2 aromatic heterocycles. The second-order valence-corrected chi connectivity index (χ2v) is 13.1. The summed E-state index contributed by atoms with van der Waals surface area (Å²) in [6.45, 7) is 15.5. The molecule has 2 aromatic carbocycles. The predicted molar refractivity (Wildman–Crippen MR) is 166 cm³/mol. The van der Waals surface area contributed by atoms with Gasteiger partial charge < -0.3 is 49.6 Å². The fourth-order valence-corrected chi connectivity index (χ4v) is 4.55. The molecule has 0 unspecified atom stereocenters. The molecule has 0 atom stereocenters. The Hall–Kier alpha value is -1.42. The van der Waals surface area contributed by atoms with Gasteiger partial charge in [-0.1, -0.05) is 115 Å². The van der Waals surface area contributed by atoms with Crippen molar-refractivity contribution >= 4 is 34.8 Å². The van der Waals surface area contributed by atoms with Gasteiger partial charge >= 0.3 is 34.1 Å². The van der Waals surface area contributed by atoms with E-state index in [4.69, 9.17) is 23.2 Å². The number of aromatic nitrogens is 6. The Kier molecular flexibility index (Phi) is 25.7. The average molecular weight is 879 g/mol. The molecule has 0 aliphatic rings. The summed E-state index contributed by atoms with van der Waals surface area (Å²) in [6.07, 6.45) is 3.51. The van der Waals surface area contributed by atoms with Crippen molar-refractivity contribution in [3.05, 3.63) is 105 Å². The summed E-state index contributed by atoms with van der Waals surface area (Å²) in [5, 5.41) is 14.8. The molecule has 0 fully saturated rings. The van der Waals surface area contributed by atoms with Crippen molar-refractivity contribution in [1.82, 2.24) is 30.4 Å². The van der Waals surface area contributed by atoms with Crippen LogP contribution >= 0.6 is 23.2 Å². The smallest absolute Gasteiger partial charge is 1.00 e. The van der Waals surface area contributed by atoms with E-state index >= 15 is 0 Å². The Morgan fingerprint density at radius 2 is 0.958 bits per heavy atom. The van der Waals surface area contributed by atoms with Crippen LogP contribution in [-0.4, -0.2) is 41.9 Å². The molecular weight excluding hydrogens is 840 g/mol. The monoisotopic (exact) mass is 874 g/mol. The van der Waals surface area contributed by atoms with Crippen LogP contribution in [-0.2, 0) is 43.7 Å². The number of nitrogens with one attached hydrogen (secondary N) is 2. The van der Waals surface area contributed by atoms with E-state index in [-0.39, 0.29) is 95.3 Å². The normalized spacial score (nSPS) is 10.0. The Bertz CT molecular complexity index is 1400. The number of carbonyl (C=O) groups excluding carboxylic acids is 2. The summed E-state index contributed by atoms with van der Waals surface area (Å²) in [6, 6.07) is 11.3. The fourth-order valence-electron chi connectivity index (χ4n) is 4.10. The van der Waals surface area contributed by atoms with E-state index < -0.39 is 10.8 Å². The molecule has 2 heterocycles. The molecule has 48 heavy (non-hydrogen) atoms. The van der Waals surface area contributed by atoms with Crippen molar-refractivity contribution in [1.29, 1.82) is 0 Å². The summed E-state index contributed by atoms with van der Waals surface area (Å²) in [4.78, 5) is 33.2. The molecule has 4 aromatic rings. The van der Waals surface area contributed by atoms with Gasteiger partial charge in [0, 0.05) is 20.9 Å². The summed E-state index contributed by atoms with van der Waals surface area (Å²) in [5.74, 6) is 3.26. The van der Waals surface area contributed by atoms with Gasteiger partial charge in [-0.15, -0.1) is 11.1 Å². The van der Waals surface area contributed by atoms with Crippen molar-refractivity contribution in [2.45, 2.75) is 68.2 Å². The zero-order valence-corrected chi connectivity index (χ0v) is 33.9. The van der Waals surface area contributed by atoms with Crippen LogP contribution in [0.1, 0.15) is 88.3 Å². The van der Waals surface area contributed by atoms with Crippen LogP contribution in [0.4, 0.5) is 0 Å². The third-order valence-corrected chi connectivity index (χ3v) is 7.25. The zero-order valence-electron chi connectivity index (χ0n) is 27.5. The number of aromatic amines is 2. The van der Waals surface area contributed by atoms with Crippen LogP contribution in [0, 0.1) is 36.5 Å². The van der Waals surface area contributed by atoms with Gasteiger partial charge in [0.05, 0.1) is 11.6 Å². The number of ketones is 2. The number of benzene rings is 2. The van der Waals surface area contributed by atoms with Gasteiger partial charge in [0.25, 0.3) is 0 Å². The van der Waals surface area contributed by atoms with Crippen LogP contribution in [0.2, 0.25) is 10.0 Å². The van der Waals surface area contributed by atoms with Crippen LogP contribution in [0.3, 0.4) is 0 Å². The molecule has 2 radical (unpaired) electrons. The van der Waals surface area contributed by atoms with E-state index in [0.29, 0.717) is 34.5 Å². The minimum atomic E-state index is -0.397. The van der Waals surface area contributed by atoms with Crippen molar-refractivity contribution in [3.8, 4) is 0 Å². The SMILES string of the molecule is Cc1cc(Cl)ccc1[C-](CC(=O)C(C)(C)C)c1ncn[nH]1.Cc1cc(Cl)ccc1[C-](CC(=O)C(C)(C)C)c1ncn[nH]1.[Cl-].[Cl-].[Cl-].[Cl-].[Cu+2].[Cu+2]. The first-order valence-electron chi connectivity index (χ1n) is 13.6. The Balaban J connectivity index is -0.000000359. The van der Waals surface area contributed by atoms with Crippen molar-refractivity contribution in [2.75, 3.05) is 0 Å². The van der Waals surface area contributed by atoms with Gasteiger partial charge in [-0.05, 0) is 12.8 Å². The van der Waals surface area contributed by atoms with E-state index in [1.807, 2.05) is 91.8 Å². The number of hydrogen-bond donors (Lipinski definition) is 2. The number of rotatable bonds is 8. The van der Waals surface area contributed by atoms with Crippen LogP contribution in [0.15, 0.2) is 49.1 Å². The van der Waals surface area contributed by atoms with Gasteiger partial charge in [0.1, 0.15) is 24.2 Å². The van der Waals surface area contributed by atoms with E-state index in [1.54, 1.807) is 0 Å². The van der Waals surface area contributed by atoms with Gasteiger partial charge in [-0.2, -0.15) is 33.5 Å². The molecule has 4 rings (SSSR count). The van der Waals surface area contributed by atoms with Gasteiger partial charge in [0.2, 0.25) is 0 Å². The Labute approximate surface area is 339 Å². The first kappa shape index (κ1) is 53.4. The number of Topliss-reactive ketones (excluding diaryl/α,β-unsaturated/α-hetero) is 2. The predicted octanol–water partition coefficient (Wildman–Crippen LogP) is -4.50. The number of halogens is 6. The van der Waals surface area contributed by atoms with Crippen LogP contribution in [0.5, 0.6) is 0 Å². The van der Waals surface area contributed by atoms with Gasteiger partial charge in [-0.3, -0.25) is 19.8 Å². The largest absolute Gasteiger partial charge is 2.00 e. The van der Waals surface area contributed by atoms with Crippen molar-refractivity contribution < 1.29 is 93.4 Å². The third kappa shape index (κ3) is 15.2. The molecule has 16 heteroatoms. The minimum Gasteiger partial charge on any atom is -1.00 e. The fraction of sp³-hybridized carbons (Fsp3) is 0.375. The molecule has 0 saturated heterocycles. The maximum Gasteiger partial charge on any atom is 2.00 e. The Morgan fingerprint density at radius 3 is 1.19 bits per heavy atom. The molecule has 274 valence electrons. The molecular formula is C32H38Cl6Cu2N6O2-2. The topological polar surface area (TPSA) is 117 Å². The standard InChI is InChI=1S/2C16H19ClN3O.4ClH.2Cu/c2*1-10-7-11(17)5-6-12(10)13(15-18-9-19-20-15)8-14(21)16(2,3)4;;;;;;/h2*5-7,9H,8H2,1-4H3,(H,18,19,20);4*1H;;/q2*-1;;;;;2*+2/p-4.